The van der Waals surface area contributed by atoms with Crippen molar-refractivity contribution >= 4 is 22.2 Å². The SMILES string of the molecule is CC(C)C(Br)C=O. The molecular formula is C5H9BrO. The zero-order chi connectivity index (χ0) is 5.86. The van der Waals surface area contributed by atoms with Crippen molar-refractivity contribution in [1.82, 2.24) is 0 Å². The fourth-order valence-corrected chi connectivity index (χ4v) is 0.157. The second-order valence-electron chi connectivity index (χ2n) is 1.82. The average molecular weight is 165 g/mol. The van der Waals surface area contributed by atoms with E-state index in [9.17, 15) is 4.79 Å². The zero-order valence-electron chi connectivity index (χ0n) is 4.52. The summed E-state index contributed by atoms with van der Waals surface area (Å²) < 4.78 is 0. The predicted octanol–water partition coefficient (Wildman–Crippen LogP) is 1.60. The Labute approximate surface area is 52.2 Å². The standard InChI is InChI=1S/C5H9BrO/c1-4(2)5(6)3-7/h3-5H,1-2H3. The van der Waals surface area contributed by atoms with Gasteiger partial charge in [0.15, 0.2) is 0 Å². The van der Waals surface area contributed by atoms with Gasteiger partial charge in [-0.2, -0.15) is 0 Å². The molecule has 0 heterocycles. The quantitative estimate of drug-likeness (QED) is 0.448. The summed E-state index contributed by atoms with van der Waals surface area (Å²) in [6.07, 6.45) is 0.907. The molecule has 7 heavy (non-hydrogen) atoms. The molecule has 0 aromatic heterocycles. The van der Waals surface area contributed by atoms with Gasteiger partial charge in [0.25, 0.3) is 0 Å². The maximum absolute atomic E-state index is 9.90. The van der Waals surface area contributed by atoms with E-state index in [2.05, 4.69) is 15.9 Å². The zero-order valence-corrected chi connectivity index (χ0v) is 6.10. The van der Waals surface area contributed by atoms with Gasteiger partial charge in [-0.25, -0.2) is 0 Å². The Kier molecular flexibility index (Phi) is 3.26. The normalized spacial score (nSPS) is 14.3. The molecule has 0 aliphatic carbocycles. The van der Waals surface area contributed by atoms with E-state index >= 15 is 0 Å². The van der Waals surface area contributed by atoms with Crippen LogP contribution in [0, 0.1) is 5.92 Å². The molecule has 0 fully saturated rings. The third kappa shape index (κ3) is 2.80. The molecule has 0 saturated heterocycles. The van der Waals surface area contributed by atoms with Crippen LogP contribution in [0.2, 0.25) is 0 Å². The highest BCUT2D eigenvalue weighted by molar-refractivity contribution is 9.09. The van der Waals surface area contributed by atoms with Crippen LogP contribution in [0.1, 0.15) is 13.8 Å². The third-order valence-corrected chi connectivity index (χ3v) is 2.04. The number of halogens is 1. The largest absolute Gasteiger partial charge is 0.302 e. The van der Waals surface area contributed by atoms with E-state index in [0.29, 0.717) is 5.92 Å². The molecule has 1 atom stereocenters. The Hall–Kier alpha value is 0.150. The van der Waals surface area contributed by atoms with Crippen molar-refractivity contribution in [2.24, 2.45) is 5.92 Å². The van der Waals surface area contributed by atoms with E-state index in [4.69, 9.17) is 0 Å². The molecule has 0 saturated carbocycles. The predicted molar refractivity (Wildman–Crippen MR) is 33.6 cm³/mol. The first-order valence-corrected chi connectivity index (χ1v) is 3.19. The van der Waals surface area contributed by atoms with Crippen LogP contribution in [0.25, 0.3) is 0 Å². The molecule has 2 heteroatoms. The molecule has 0 radical (unpaired) electrons. The maximum atomic E-state index is 9.90. The molecule has 0 aromatic carbocycles. The minimum absolute atomic E-state index is 0.0347. The number of alkyl halides is 1. The van der Waals surface area contributed by atoms with Crippen molar-refractivity contribution in [3.63, 3.8) is 0 Å². The maximum Gasteiger partial charge on any atom is 0.133 e. The number of carbonyl (C=O) groups is 1. The van der Waals surface area contributed by atoms with Crippen LogP contribution in [0.5, 0.6) is 0 Å². The van der Waals surface area contributed by atoms with E-state index in [-0.39, 0.29) is 4.83 Å². The lowest BCUT2D eigenvalue weighted by molar-refractivity contribution is -0.107. The fourth-order valence-electron chi connectivity index (χ4n) is 0.157. The molecule has 0 amide bonds. The first-order valence-electron chi connectivity index (χ1n) is 2.28. The summed E-state index contributed by atoms with van der Waals surface area (Å²) in [5.74, 6) is 0.414. The van der Waals surface area contributed by atoms with Gasteiger partial charge in [-0.1, -0.05) is 29.8 Å². The lowest BCUT2D eigenvalue weighted by Crippen LogP contribution is -2.06. The van der Waals surface area contributed by atoms with Gasteiger partial charge in [0.1, 0.15) is 6.29 Å². The van der Waals surface area contributed by atoms with Gasteiger partial charge < -0.3 is 4.79 Å². The van der Waals surface area contributed by atoms with Crippen molar-refractivity contribution in [3.05, 3.63) is 0 Å². The molecule has 0 aliphatic rings. The summed E-state index contributed by atoms with van der Waals surface area (Å²) in [6, 6.07) is 0. The highest BCUT2D eigenvalue weighted by atomic mass is 79.9. The summed E-state index contributed by atoms with van der Waals surface area (Å²) in [6.45, 7) is 3.99. The van der Waals surface area contributed by atoms with E-state index in [1.807, 2.05) is 13.8 Å². The number of aldehydes is 1. The minimum atomic E-state index is 0.0347. The molecule has 0 aliphatic heterocycles. The molecule has 0 aromatic rings. The minimum Gasteiger partial charge on any atom is -0.302 e. The van der Waals surface area contributed by atoms with Crippen LogP contribution in [0.15, 0.2) is 0 Å². The van der Waals surface area contributed by atoms with E-state index in [0.717, 1.165) is 6.29 Å². The fraction of sp³-hybridized carbons (Fsp3) is 0.800. The lowest BCUT2D eigenvalue weighted by atomic mass is 10.2. The van der Waals surface area contributed by atoms with Crippen LogP contribution < -0.4 is 0 Å². The van der Waals surface area contributed by atoms with E-state index in [1.54, 1.807) is 0 Å². The smallest absolute Gasteiger partial charge is 0.133 e. The number of hydrogen-bond acceptors (Lipinski definition) is 1. The van der Waals surface area contributed by atoms with Gasteiger partial charge in [0, 0.05) is 0 Å². The van der Waals surface area contributed by atoms with Crippen LogP contribution >= 0.6 is 15.9 Å². The van der Waals surface area contributed by atoms with Crippen molar-refractivity contribution in [2.75, 3.05) is 0 Å². The highest BCUT2D eigenvalue weighted by Gasteiger charge is 2.04. The number of hydrogen-bond donors (Lipinski definition) is 0. The Morgan fingerprint density at radius 3 is 2.00 bits per heavy atom. The van der Waals surface area contributed by atoms with Gasteiger partial charge >= 0.3 is 0 Å². The summed E-state index contributed by atoms with van der Waals surface area (Å²) in [7, 11) is 0. The third-order valence-electron chi connectivity index (χ3n) is 0.767. The van der Waals surface area contributed by atoms with Gasteiger partial charge in [-0.15, -0.1) is 0 Å². The van der Waals surface area contributed by atoms with Gasteiger partial charge in [-0.05, 0) is 5.92 Å². The molecule has 0 rings (SSSR count). The van der Waals surface area contributed by atoms with Gasteiger partial charge in [0.2, 0.25) is 0 Å². The molecule has 1 nitrogen and oxygen atoms in total. The van der Waals surface area contributed by atoms with Crippen molar-refractivity contribution in [3.8, 4) is 0 Å². The monoisotopic (exact) mass is 164 g/mol. The first-order chi connectivity index (χ1) is 3.18. The second-order valence-corrected chi connectivity index (χ2v) is 2.88. The van der Waals surface area contributed by atoms with E-state index < -0.39 is 0 Å². The highest BCUT2D eigenvalue weighted by Crippen LogP contribution is 2.07. The summed E-state index contributed by atoms with van der Waals surface area (Å²) in [5, 5.41) is 0. The average Bonchev–Trinajstić information content (AvgIpc) is 1.65. The molecule has 0 spiro atoms. The second kappa shape index (κ2) is 3.19. The lowest BCUT2D eigenvalue weighted by Gasteiger charge is -2.02. The van der Waals surface area contributed by atoms with Crippen molar-refractivity contribution in [2.45, 2.75) is 18.7 Å². The summed E-state index contributed by atoms with van der Waals surface area (Å²) in [4.78, 5) is 9.93. The first kappa shape index (κ1) is 7.15. The Bertz CT molecular complexity index is 61.1. The van der Waals surface area contributed by atoms with Crippen LogP contribution in [0.3, 0.4) is 0 Å². The summed E-state index contributed by atoms with van der Waals surface area (Å²) >= 11 is 3.17. The molecule has 0 N–H and O–H groups in total. The van der Waals surface area contributed by atoms with Crippen molar-refractivity contribution in [1.29, 1.82) is 0 Å². The Morgan fingerprint density at radius 2 is 2.00 bits per heavy atom. The van der Waals surface area contributed by atoms with E-state index in [1.165, 1.54) is 0 Å². The summed E-state index contributed by atoms with van der Waals surface area (Å²) in [5.41, 5.74) is 0. The molecule has 0 bridgehead atoms. The van der Waals surface area contributed by atoms with Crippen LogP contribution in [-0.2, 0) is 4.79 Å². The number of rotatable bonds is 2. The number of carbonyl (C=O) groups excluding carboxylic acids is 1. The van der Waals surface area contributed by atoms with Crippen LogP contribution in [-0.4, -0.2) is 11.1 Å². The molecule has 1 unspecified atom stereocenters. The van der Waals surface area contributed by atoms with Crippen LogP contribution in [0.4, 0.5) is 0 Å². The molecule has 42 valence electrons. The van der Waals surface area contributed by atoms with Gasteiger partial charge in [0.05, 0.1) is 4.83 Å². The topological polar surface area (TPSA) is 17.1 Å². The Morgan fingerprint density at radius 1 is 1.57 bits per heavy atom. The van der Waals surface area contributed by atoms with Gasteiger partial charge in [-0.3, -0.25) is 0 Å². The van der Waals surface area contributed by atoms with Crippen molar-refractivity contribution < 1.29 is 4.79 Å². The Balaban J connectivity index is 3.33. The molecular weight excluding hydrogens is 156 g/mol.